The number of nitrogens with zero attached hydrogens (tertiary/aromatic N) is 3. The summed E-state index contributed by atoms with van der Waals surface area (Å²) in [5, 5.41) is 12.6. The van der Waals surface area contributed by atoms with Crippen molar-refractivity contribution in [3.63, 3.8) is 0 Å². The molecule has 2 rings (SSSR count). The van der Waals surface area contributed by atoms with Crippen LogP contribution >= 0.6 is 0 Å². The second kappa shape index (κ2) is 4.01. The molecule has 1 N–H and O–H groups in total. The number of methoxy groups -OCH3 is 1. The smallest absolute Gasteiger partial charge is 0.356 e. The van der Waals surface area contributed by atoms with E-state index in [1.54, 1.807) is 24.5 Å². The maximum atomic E-state index is 10.6. The summed E-state index contributed by atoms with van der Waals surface area (Å²) in [5.74, 6) is -0.561. The first-order valence-electron chi connectivity index (χ1n) is 4.50. The van der Waals surface area contributed by atoms with Crippen molar-refractivity contribution < 1.29 is 14.6 Å². The van der Waals surface area contributed by atoms with Gasteiger partial charge in [-0.15, -0.1) is 0 Å². The zero-order valence-corrected chi connectivity index (χ0v) is 8.49. The Bertz CT molecular complexity index is 504. The zero-order valence-electron chi connectivity index (χ0n) is 8.49. The van der Waals surface area contributed by atoms with Gasteiger partial charge in [-0.2, -0.15) is 5.10 Å². The number of aromatic carboxylic acids is 1. The molecule has 2 aromatic heterocycles. The van der Waals surface area contributed by atoms with Crippen LogP contribution in [0.2, 0.25) is 0 Å². The fourth-order valence-corrected chi connectivity index (χ4v) is 1.21. The van der Waals surface area contributed by atoms with Crippen LogP contribution in [0.4, 0.5) is 0 Å². The first kappa shape index (κ1) is 10.2. The average molecular weight is 219 g/mol. The molecule has 82 valence electrons. The fraction of sp³-hybridized carbons (Fsp3) is 0.100. The fourth-order valence-electron chi connectivity index (χ4n) is 1.21. The van der Waals surface area contributed by atoms with E-state index in [-0.39, 0.29) is 5.69 Å². The van der Waals surface area contributed by atoms with Gasteiger partial charge in [-0.1, -0.05) is 0 Å². The lowest BCUT2D eigenvalue weighted by Gasteiger charge is -2.01. The Morgan fingerprint density at radius 3 is 2.75 bits per heavy atom. The normalized spacial score (nSPS) is 10.1. The summed E-state index contributed by atoms with van der Waals surface area (Å²) in [6.45, 7) is 0. The van der Waals surface area contributed by atoms with Crippen molar-refractivity contribution in [3.05, 3.63) is 36.3 Å². The number of pyridine rings is 1. The number of carboxylic acids is 1. The van der Waals surface area contributed by atoms with Gasteiger partial charge in [0.25, 0.3) is 0 Å². The number of hydrogen-bond donors (Lipinski definition) is 1. The SMILES string of the molecule is COc1ccc(-n2ccc(C(=O)O)n2)cn1. The topological polar surface area (TPSA) is 77.2 Å². The molecular formula is C10H9N3O3. The van der Waals surface area contributed by atoms with Gasteiger partial charge in [-0.3, -0.25) is 0 Å². The minimum absolute atomic E-state index is 0.00387. The van der Waals surface area contributed by atoms with Crippen molar-refractivity contribution >= 4 is 5.97 Å². The third-order valence-corrected chi connectivity index (χ3v) is 2.00. The van der Waals surface area contributed by atoms with Crippen LogP contribution in [0, 0.1) is 0 Å². The Morgan fingerprint density at radius 1 is 1.44 bits per heavy atom. The highest BCUT2D eigenvalue weighted by Crippen LogP contribution is 2.10. The van der Waals surface area contributed by atoms with Crippen LogP contribution < -0.4 is 4.74 Å². The van der Waals surface area contributed by atoms with Gasteiger partial charge >= 0.3 is 5.97 Å². The summed E-state index contributed by atoms with van der Waals surface area (Å²) in [5.41, 5.74) is 0.670. The molecule has 0 saturated heterocycles. The molecule has 0 aliphatic rings. The molecule has 0 spiro atoms. The number of hydrogen-bond acceptors (Lipinski definition) is 4. The van der Waals surface area contributed by atoms with E-state index in [9.17, 15) is 4.79 Å². The molecule has 6 heteroatoms. The standard InChI is InChI=1S/C10H9N3O3/c1-16-9-3-2-7(6-11-9)13-5-4-8(12-13)10(14)15/h2-6H,1H3,(H,14,15). The molecule has 2 aromatic rings. The van der Waals surface area contributed by atoms with Gasteiger partial charge in [-0.05, 0) is 12.1 Å². The molecule has 2 heterocycles. The van der Waals surface area contributed by atoms with E-state index in [2.05, 4.69) is 10.1 Å². The number of carboxylic acid groups (broad SMARTS) is 1. The maximum absolute atomic E-state index is 10.6. The third kappa shape index (κ3) is 1.85. The average Bonchev–Trinajstić information content (AvgIpc) is 2.78. The summed E-state index contributed by atoms with van der Waals surface area (Å²) in [6.07, 6.45) is 3.12. The third-order valence-electron chi connectivity index (χ3n) is 2.00. The predicted octanol–water partition coefficient (Wildman–Crippen LogP) is 0.974. The van der Waals surface area contributed by atoms with E-state index in [4.69, 9.17) is 9.84 Å². The lowest BCUT2D eigenvalue weighted by atomic mass is 10.4. The summed E-state index contributed by atoms with van der Waals surface area (Å²) in [7, 11) is 1.53. The minimum Gasteiger partial charge on any atom is -0.481 e. The van der Waals surface area contributed by atoms with E-state index in [0.717, 1.165) is 0 Å². The number of carbonyl (C=O) groups is 1. The predicted molar refractivity (Wildman–Crippen MR) is 54.9 cm³/mol. The molecule has 0 aliphatic heterocycles. The van der Waals surface area contributed by atoms with Crippen LogP contribution in [-0.4, -0.2) is 33.0 Å². The van der Waals surface area contributed by atoms with Crippen molar-refractivity contribution in [1.29, 1.82) is 0 Å². The molecule has 0 radical (unpaired) electrons. The lowest BCUT2D eigenvalue weighted by Crippen LogP contribution is -2.01. The van der Waals surface area contributed by atoms with E-state index in [0.29, 0.717) is 11.6 Å². The number of rotatable bonds is 3. The molecule has 0 amide bonds. The van der Waals surface area contributed by atoms with E-state index >= 15 is 0 Å². The van der Waals surface area contributed by atoms with Crippen LogP contribution in [0.25, 0.3) is 5.69 Å². The summed E-state index contributed by atoms with van der Waals surface area (Å²) in [4.78, 5) is 14.6. The monoisotopic (exact) mass is 219 g/mol. The van der Waals surface area contributed by atoms with Gasteiger partial charge in [0, 0.05) is 12.3 Å². The van der Waals surface area contributed by atoms with Gasteiger partial charge in [0.1, 0.15) is 0 Å². The van der Waals surface area contributed by atoms with Crippen molar-refractivity contribution in [3.8, 4) is 11.6 Å². The Balaban J connectivity index is 2.31. The van der Waals surface area contributed by atoms with Crippen LogP contribution in [0.5, 0.6) is 5.88 Å². The second-order valence-electron chi connectivity index (χ2n) is 3.01. The molecule has 0 aromatic carbocycles. The Labute approximate surface area is 91.1 Å². The quantitative estimate of drug-likeness (QED) is 0.832. The highest BCUT2D eigenvalue weighted by Gasteiger charge is 2.07. The van der Waals surface area contributed by atoms with Gasteiger partial charge < -0.3 is 9.84 Å². The van der Waals surface area contributed by atoms with E-state index in [1.165, 1.54) is 17.9 Å². The molecule has 0 bridgehead atoms. The number of aromatic nitrogens is 3. The van der Waals surface area contributed by atoms with Gasteiger partial charge in [0.15, 0.2) is 5.69 Å². The van der Waals surface area contributed by atoms with Crippen molar-refractivity contribution in [1.82, 2.24) is 14.8 Å². The molecule has 0 saturated carbocycles. The first-order valence-corrected chi connectivity index (χ1v) is 4.50. The maximum Gasteiger partial charge on any atom is 0.356 e. The van der Waals surface area contributed by atoms with Crippen molar-refractivity contribution in [2.24, 2.45) is 0 Å². The van der Waals surface area contributed by atoms with Gasteiger partial charge in [-0.25, -0.2) is 14.5 Å². The van der Waals surface area contributed by atoms with Crippen LogP contribution in [0.3, 0.4) is 0 Å². The first-order chi connectivity index (χ1) is 7.70. The Kier molecular flexibility index (Phi) is 2.55. The molecule has 0 fully saturated rings. The van der Waals surface area contributed by atoms with Crippen molar-refractivity contribution in [2.45, 2.75) is 0 Å². The van der Waals surface area contributed by atoms with Gasteiger partial charge in [0.2, 0.25) is 5.88 Å². The Hall–Kier alpha value is -2.37. The van der Waals surface area contributed by atoms with Crippen LogP contribution in [-0.2, 0) is 0 Å². The lowest BCUT2D eigenvalue weighted by molar-refractivity contribution is 0.0690. The largest absolute Gasteiger partial charge is 0.481 e. The second-order valence-corrected chi connectivity index (χ2v) is 3.01. The summed E-state index contributed by atoms with van der Waals surface area (Å²) < 4.78 is 6.35. The van der Waals surface area contributed by atoms with E-state index < -0.39 is 5.97 Å². The van der Waals surface area contributed by atoms with Crippen molar-refractivity contribution in [2.75, 3.05) is 7.11 Å². The molecule has 0 unspecified atom stereocenters. The minimum atomic E-state index is -1.06. The molecule has 0 aliphatic carbocycles. The molecule has 16 heavy (non-hydrogen) atoms. The number of ether oxygens (including phenoxy) is 1. The molecule has 6 nitrogen and oxygen atoms in total. The highest BCUT2D eigenvalue weighted by atomic mass is 16.5. The summed E-state index contributed by atoms with van der Waals surface area (Å²) in [6, 6.07) is 4.84. The van der Waals surface area contributed by atoms with Gasteiger partial charge in [0.05, 0.1) is 19.0 Å². The summed E-state index contributed by atoms with van der Waals surface area (Å²) >= 11 is 0. The highest BCUT2D eigenvalue weighted by molar-refractivity contribution is 5.85. The van der Waals surface area contributed by atoms with Crippen LogP contribution in [0.15, 0.2) is 30.6 Å². The Morgan fingerprint density at radius 2 is 2.25 bits per heavy atom. The van der Waals surface area contributed by atoms with Crippen LogP contribution in [0.1, 0.15) is 10.5 Å². The van der Waals surface area contributed by atoms with E-state index in [1.807, 2.05) is 0 Å². The molecule has 0 atom stereocenters. The zero-order chi connectivity index (χ0) is 11.5. The molecular weight excluding hydrogens is 210 g/mol.